The highest BCUT2D eigenvalue weighted by molar-refractivity contribution is 7.98. The molecular weight excluding hydrogens is 274 g/mol. The van der Waals surface area contributed by atoms with Crippen molar-refractivity contribution < 1.29 is 0 Å². The molecule has 0 amide bonds. The summed E-state index contributed by atoms with van der Waals surface area (Å²) < 4.78 is 0. The van der Waals surface area contributed by atoms with Crippen LogP contribution in [0, 0.1) is 11.8 Å². The molecule has 2 aliphatic carbocycles. The zero-order valence-corrected chi connectivity index (χ0v) is 12.8. The van der Waals surface area contributed by atoms with Crippen LogP contribution in [0.3, 0.4) is 0 Å². The Morgan fingerprint density at radius 1 is 1.16 bits per heavy atom. The largest absolute Gasteiger partial charge is 0.313 e. The van der Waals surface area contributed by atoms with Gasteiger partial charge in [-0.3, -0.25) is 0 Å². The van der Waals surface area contributed by atoms with Crippen LogP contribution in [0.15, 0.2) is 24.3 Å². The zero-order chi connectivity index (χ0) is 13.1. The number of hydrogen-bond acceptors (Lipinski definition) is 2. The second-order valence-corrected chi connectivity index (χ2v) is 7.31. The van der Waals surface area contributed by atoms with Gasteiger partial charge in [0, 0.05) is 29.1 Å². The molecule has 2 fully saturated rings. The molecule has 1 aromatic carbocycles. The number of benzene rings is 1. The lowest BCUT2D eigenvalue weighted by atomic mass is 10.1. The quantitative estimate of drug-likeness (QED) is 0.716. The maximum Gasteiger partial charge on any atom is 0.0446 e. The molecule has 0 aromatic heterocycles. The third-order valence-corrected chi connectivity index (χ3v) is 5.48. The molecule has 0 saturated heterocycles. The Hall–Kier alpha value is -0.180. The second kappa shape index (κ2) is 6.51. The highest BCUT2D eigenvalue weighted by atomic mass is 35.5. The molecule has 19 heavy (non-hydrogen) atoms. The van der Waals surface area contributed by atoms with Crippen molar-refractivity contribution in [3.8, 4) is 0 Å². The van der Waals surface area contributed by atoms with Gasteiger partial charge in [-0.2, -0.15) is 11.8 Å². The lowest BCUT2D eigenvalue weighted by Crippen LogP contribution is -2.34. The molecule has 1 N–H and O–H groups in total. The first-order valence-electron chi connectivity index (χ1n) is 7.39. The summed E-state index contributed by atoms with van der Waals surface area (Å²) >= 11 is 8.14. The zero-order valence-electron chi connectivity index (χ0n) is 11.3. The van der Waals surface area contributed by atoms with Gasteiger partial charge in [0.15, 0.2) is 0 Å². The molecule has 104 valence electrons. The second-order valence-electron chi connectivity index (χ2n) is 5.80. The molecule has 0 spiro atoms. The number of hydrogen-bond donors (Lipinski definition) is 1. The van der Waals surface area contributed by atoms with Crippen molar-refractivity contribution in [3.05, 3.63) is 34.9 Å². The lowest BCUT2D eigenvalue weighted by Gasteiger charge is -2.17. The fourth-order valence-electron chi connectivity index (χ4n) is 2.72. The van der Waals surface area contributed by atoms with E-state index in [1.54, 1.807) is 0 Å². The Balaban J connectivity index is 1.33. The SMILES string of the molecule is Clc1ccccc1CSCCNC(C1CC1)C1CC1. The minimum absolute atomic E-state index is 0.834. The maximum absolute atomic E-state index is 6.16. The van der Waals surface area contributed by atoms with Crippen molar-refractivity contribution in [1.82, 2.24) is 5.32 Å². The van der Waals surface area contributed by atoms with Crippen LogP contribution in [-0.4, -0.2) is 18.3 Å². The normalized spacial score (nSPS) is 19.1. The summed E-state index contributed by atoms with van der Waals surface area (Å²) in [6.45, 7) is 1.15. The monoisotopic (exact) mass is 295 g/mol. The molecule has 0 aliphatic heterocycles. The van der Waals surface area contributed by atoms with Crippen molar-refractivity contribution in [2.24, 2.45) is 11.8 Å². The third kappa shape index (κ3) is 4.14. The first-order valence-corrected chi connectivity index (χ1v) is 8.92. The van der Waals surface area contributed by atoms with Gasteiger partial charge in [-0.1, -0.05) is 29.8 Å². The van der Waals surface area contributed by atoms with Gasteiger partial charge in [0.05, 0.1) is 0 Å². The maximum atomic E-state index is 6.16. The predicted octanol–water partition coefficient (Wildman–Crippen LogP) is 4.35. The van der Waals surface area contributed by atoms with Gasteiger partial charge >= 0.3 is 0 Å². The first-order chi connectivity index (χ1) is 9.34. The van der Waals surface area contributed by atoms with Gasteiger partial charge in [-0.15, -0.1) is 0 Å². The molecule has 3 rings (SSSR count). The van der Waals surface area contributed by atoms with Gasteiger partial charge in [0.25, 0.3) is 0 Å². The minimum atomic E-state index is 0.834. The van der Waals surface area contributed by atoms with Gasteiger partial charge in [-0.25, -0.2) is 0 Å². The first kappa shape index (κ1) is 13.8. The van der Waals surface area contributed by atoms with Gasteiger partial charge in [0.1, 0.15) is 0 Å². The Bertz CT molecular complexity index is 403. The van der Waals surface area contributed by atoms with Crippen molar-refractivity contribution >= 4 is 23.4 Å². The third-order valence-electron chi connectivity index (χ3n) is 4.10. The van der Waals surface area contributed by atoms with E-state index in [1.165, 1.54) is 37.0 Å². The Kier molecular flexibility index (Phi) is 4.73. The summed E-state index contributed by atoms with van der Waals surface area (Å²) in [7, 11) is 0. The van der Waals surface area contributed by atoms with E-state index in [0.29, 0.717) is 0 Å². The van der Waals surface area contributed by atoms with Crippen LogP contribution in [0.1, 0.15) is 31.2 Å². The van der Waals surface area contributed by atoms with Crippen molar-refractivity contribution in [2.75, 3.05) is 12.3 Å². The van der Waals surface area contributed by atoms with Crippen molar-refractivity contribution in [1.29, 1.82) is 0 Å². The van der Waals surface area contributed by atoms with Crippen LogP contribution in [0.25, 0.3) is 0 Å². The smallest absolute Gasteiger partial charge is 0.0446 e. The summed E-state index contributed by atoms with van der Waals surface area (Å²) in [6, 6.07) is 9.00. The number of thioether (sulfide) groups is 1. The lowest BCUT2D eigenvalue weighted by molar-refractivity contribution is 0.429. The van der Waals surface area contributed by atoms with Gasteiger partial charge in [0.2, 0.25) is 0 Å². The molecule has 0 heterocycles. The van der Waals surface area contributed by atoms with E-state index < -0.39 is 0 Å². The summed E-state index contributed by atoms with van der Waals surface area (Å²) in [5, 5.41) is 4.69. The van der Waals surface area contributed by atoms with Crippen LogP contribution >= 0.6 is 23.4 Å². The Morgan fingerprint density at radius 3 is 2.47 bits per heavy atom. The van der Waals surface area contributed by atoms with E-state index >= 15 is 0 Å². The summed E-state index contributed by atoms with van der Waals surface area (Å²) in [6.07, 6.45) is 5.84. The molecule has 2 aliphatic rings. The molecule has 1 nitrogen and oxygen atoms in total. The van der Waals surface area contributed by atoms with E-state index in [1.807, 2.05) is 23.9 Å². The van der Waals surface area contributed by atoms with Gasteiger partial charge < -0.3 is 5.32 Å². The number of halogens is 1. The molecule has 0 unspecified atom stereocenters. The standard InChI is InChI=1S/C16H22ClNS/c17-15-4-2-1-3-14(15)11-19-10-9-18-16(12-5-6-12)13-7-8-13/h1-4,12-13,16,18H,5-11H2. The average Bonchev–Trinajstić information content (AvgIpc) is 3.28. The number of nitrogens with one attached hydrogen (secondary N) is 1. The van der Waals surface area contributed by atoms with E-state index in [0.717, 1.165) is 35.2 Å². The summed E-state index contributed by atoms with van der Waals surface area (Å²) in [4.78, 5) is 0. The Morgan fingerprint density at radius 2 is 1.84 bits per heavy atom. The number of rotatable bonds is 8. The van der Waals surface area contributed by atoms with Gasteiger partial charge in [-0.05, 0) is 49.1 Å². The molecule has 0 bridgehead atoms. The van der Waals surface area contributed by atoms with Crippen LogP contribution < -0.4 is 5.32 Å². The fraction of sp³-hybridized carbons (Fsp3) is 0.625. The summed E-state index contributed by atoms with van der Waals surface area (Å²) in [5.41, 5.74) is 1.26. The molecule has 0 radical (unpaired) electrons. The highest BCUT2D eigenvalue weighted by Gasteiger charge is 2.40. The fourth-order valence-corrected chi connectivity index (χ4v) is 3.88. The van der Waals surface area contributed by atoms with Crippen LogP contribution in [-0.2, 0) is 5.75 Å². The van der Waals surface area contributed by atoms with Crippen LogP contribution in [0.4, 0.5) is 0 Å². The molecule has 2 saturated carbocycles. The Labute approximate surface area is 125 Å². The minimum Gasteiger partial charge on any atom is -0.313 e. The molecule has 1 aromatic rings. The topological polar surface area (TPSA) is 12.0 Å². The van der Waals surface area contributed by atoms with E-state index in [4.69, 9.17) is 11.6 Å². The van der Waals surface area contributed by atoms with Crippen molar-refractivity contribution in [3.63, 3.8) is 0 Å². The molecule has 0 atom stereocenters. The highest BCUT2D eigenvalue weighted by Crippen LogP contribution is 2.44. The molecule has 3 heteroatoms. The molecular formula is C16H22ClNS. The van der Waals surface area contributed by atoms with E-state index in [-0.39, 0.29) is 0 Å². The van der Waals surface area contributed by atoms with E-state index in [2.05, 4.69) is 17.4 Å². The van der Waals surface area contributed by atoms with E-state index in [9.17, 15) is 0 Å². The van der Waals surface area contributed by atoms with Crippen LogP contribution in [0.5, 0.6) is 0 Å². The predicted molar refractivity (Wildman–Crippen MR) is 84.9 cm³/mol. The van der Waals surface area contributed by atoms with Crippen molar-refractivity contribution in [2.45, 2.75) is 37.5 Å². The average molecular weight is 296 g/mol. The van der Waals surface area contributed by atoms with Crippen LogP contribution in [0.2, 0.25) is 5.02 Å². The summed E-state index contributed by atoms with van der Waals surface area (Å²) in [5.74, 6) is 4.21.